The minimum absolute atomic E-state index is 0.124. The van der Waals surface area contributed by atoms with Crippen LogP contribution in [0.3, 0.4) is 0 Å². The number of urea groups is 1. The number of hydrogen-bond donors (Lipinski definition) is 2. The van der Waals surface area contributed by atoms with Gasteiger partial charge in [0, 0.05) is 18.8 Å². The molecule has 1 unspecified atom stereocenters. The van der Waals surface area contributed by atoms with E-state index in [2.05, 4.69) is 10.6 Å². The number of para-hydroxylation sites is 1. The predicted molar refractivity (Wildman–Crippen MR) is 100 cm³/mol. The molecule has 2 aromatic rings. The van der Waals surface area contributed by atoms with E-state index in [4.69, 9.17) is 4.74 Å². The Morgan fingerprint density at radius 1 is 1.12 bits per heavy atom. The molecule has 1 aliphatic rings. The van der Waals surface area contributed by atoms with Crippen molar-refractivity contribution in [2.75, 3.05) is 19.0 Å². The number of carbonyl (C=O) groups excluding carboxylic acids is 2. The normalized spacial score (nSPS) is 16.2. The van der Waals surface area contributed by atoms with E-state index in [0.717, 1.165) is 23.4 Å². The topological polar surface area (TPSA) is 70.7 Å². The van der Waals surface area contributed by atoms with Crippen LogP contribution in [0.2, 0.25) is 0 Å². The molecular weight excluding hydrogens is 330 g/mol. The first-order chi connectivity index (χ1) is 12.7. The monoisotopic (exact) mass is 353 g/mol. The molecule has 1 aliphatic heterocycles. The number of likely N-dealkylation sites (tertiary alicyclic amines) is 1. The number of amides is 3. The lowest BCUT2D eigenvalue weighted by Gasteiger charge is -2.24. The Bertz CT molecular complexity index is 747. The lowest BCUT2D eigenvalue weighted by molar-refractivity contribution is -0.124. The van der Waals surface area contributed by atoms with Gasteiger partial charge in [0.2, 0.25) is 5.91 Å². The third kappa shape index (κ3) is 4.33. The lowest BCUT2D eigenvalue weighted by Crippen LogP contribution is -2.47. The van der Waals surface area contributed by atoms with Crippen LogP contribution in [0.5, 0.6) is 5.75 Å². The molecule has 0 spiro atoms. The second-order valence-corrected chi connectivity index (χ2v) is 6.21. The zero-order valence-corrected chi connectivity index (χ0v) is 14.8. The molecule has 26 heavy (non-hydrogen) atoms. The van der Waals surface area contributed by atoms with E-state index < -0.39 is 6.04 Å². The fourth-order valence-corrected chi connectivity index (χ4v) is 3.05. The van der Waals surface area contributed by atoms with E-state index in [0.29, 0.717) is 19.5 Å². The highest BCUT2D eigenvalue weighted by Crippen LogP contribution is 2.19. The molecule has 3 rings (SSSR count). The molecule has 0 saturated carbocycles. The van der Waals surface area contributed by atoms with Crippen molar-refractivity contribution in [2.24, 2.45) is 0 Å². The molecular formula is C20H23N3O3. The highest BCUT2D eigenvalue weighted by atomic mass is 16.5. The van der Waals surface area contributed by atoms with Gasteiger partial charge >= 0.3 is 6.03 Å². The van der Waals surface area contributed by atoms with Crippen molar-refractivity contribution in [2.45, 2.75) is 25.4 Å². The summed E-state index contributed by atoms with van der Waals surface area (Å²) < 4.78 is 5.13. The summed E-state index contributed by atoms with van der Waals surface area (Å²) in [4.78, 5) is 26.7. The number of benzene rings is 2. The number of rotatable bonds is 5. The summed E-state index contributed by atoms with van der Waals surface area (Å²) in [5, 5.41) is 5.77. The molecule has 2 aromatic carbocycles. The fraction of sp³-hybridized carbons (Fsp3) is 0.300. The molecule has 1 heterocycles. The van der Waals surface area contributed by atoms with Crippen molar-refractivity contribution in [1.82, 2.24) is 10.2 Å². The van der Waals surface area contributed by atoms with Crippen LogP contribution in [0.25, 0.3) is 0 Å². The minimum Gasteiger partial charge on any atom is -0.497 e. The predicted octanol–water partition coefficient (Wildman–Crippen LogP) is 3.01. The van der Waals surface area contributed by atoms with Gasteiger partial charge in [-0.2, -0.15) is 0 Å². The highest BCUT2D eigenvalue weighted by molar-refractivity contribution is 5.94. The molecule has 0 radical (unpaired) electrons. The molecule has 6 heteroatoms. The summed E-state index contributed by atoms with van der Waals surface area (Å²) in [7, 11) is 1.62. The van der Waals surface area contributed by atoms with Gasteiger partial charge in [0.25, 0.3) is 0 Å². The molecule has 0 aliphatic carbocycles. The first-order valence-electron chi connectivity index (χ1n) is 8.70. The van der Waals surface area contributed by atoms with Gasteiger partial charge in [0.15, 0.2) is 0 Å². The molecule has 2 N–H and O–H groups in total. The van der Waals surface area contributed by atoms with Gasteiger partial charge in [0.05, 0.1) is 7.11 Å². The minimum atomic E-state index is -0.433. The number of carbonyl (C=O) groups is 2. The van der Waals surface area contributed by atoms with Crippen LogP contribution in [0.4, 0.5) is 10.5 Å². The Morgan fingerprint density at radius 3 is 2.54 bits per heavy atom. The lowest BCUT2D eigenvalue weighted by atomic mass is 10.2. The summed E-state index contributed by atoms with van der Waals surface area (Å²) in [6.07, 6.45) is 1.50. The van der Waals surface area contributed by atoms with Crippen molar-refractivity contribution >= 4 is 17.6 Å². The zero-order chi connectivity index (χ0) is 18.4. The van der Waals surface area contributed by atoms with Crippen LogP contribution < -0.4 is 15.4 Å². The first-order valence-corrected chi connectivity index (χ1v) is 8.70. The number of anilines is 1. The zero-order valence-electron chi connectivity index (χ0n) is 14.8. The SMILES string of the molecule is COc1ccc(CNC(=O)C2CCCN2C(=O)Nc2ccccc2)cc1. The fourth-order valence-electron chi connectivity index (χ4n) is 3.05. The molecule has 1 fully saturated rings. The Hall–Kier alpha value is -3.02. The number of ether oxygens (including phenoxy) is 1. The number of nitrogens with one attached hydrogen (secondary N) is 2. The Balaban J connectivity index is 1.56. The van der Waals surface area contributed by atoms with Crippen LogP contribution in [0, 0.1) is 0 Å². The van der Waals surface area contributed by atoms with E-state index in [-0.39, 0.29) is 11.9 Å². The van der Waals surface area contributed by atoms with Gasteiger partial charge in [-0.05, 0) is 42.7 Å². The summed E-state index contributed by atoms with van der Waals surface area (Å²) in [5.74, 6) is 0.654. The van der Waals surface area contributed by atoms with Gasteiger partial charge < -0.3 is 20.3 Å². The number of methoxy groups -OCH3 is 1. The second-order valence-electron chi connectivity index (χ2n) is 6.21. The van der Waals surface area contributed by atoms with Gasteiger partial charge in [0.1, 0.15) is 11.8 Å². The number of nitrogens with zero attached hydrogens (tertiary/aromatic N) is 1. The van der Waals surface area contributed by atoms with Crippen molar-refractivity contribution < 1.29 is 14.3 Å². The second kappa shape index (κ2) is 8.38. The molecule has 1 saturated heterocycles. The Kier molecular flexibility index (Phi) is 5.73. The standard InChI is InChI=1S/C20H23N3O3/c1-26-17-11-9-15(10-12-17)14-21-19(24)18-8-5-13-23(18)20(25)22-16-6-3-2-4-7-16/h2-4,6-7,9-12,18H,5,8,13-14H2,1H3,(H,21,24)(H,22,25). The van der Waals surface area contributed by atoms with Crippen LogP contribution in [0.15, 0.2) is 54.6 Å². The van der Waals surface area contributed by atoms with Crippen LogP contribution >= 0.6 is 0 Å². The maximum atomic E-state index is 12.6. The van der Waals surface area contributed by atoms with Crippen LogP contribution in [-0.2, 0) is 11.3 Å². The van der Waals surface area contributed by atoms with Crippen molar-refractivity contribution in [3.05, 3.63) is 60.2 Å². The van der Waals surface area contributed by atoms with E-state index >= 15 is 0 Å². The number of hydrogen-bond acceptors (Lipinski definition) is 3. The van der Waals surface area contributed by atoms with Gasteiger partial charge in [-0.1, -0.05) is 30.3 Å². The third-order valence-corrected chi connectivity index (χ3v) is 4.47. The molecule has 3 amide bonds. The first kappa shape index (κ1) is 17.8. The van der Waals surface area contributed by atoms with Crippen LogP contribution in [0.1, 0.15) is 18.4 Å². The summed E-state index contributed by atoms with van der Waals surface area (Å²) in [6, 6.07) is 16.1. The van der Waals surface area contributed by atoms with Crippen LogP contribution in [-0.4, -0.2) is 36.5 Å². The third-order valence-electron chi connectivity index (χ3n) is 4.47. The highest BCUT2D eigenvalue weighted by Gasteiger charge is 2.33. The van der Waals surface area contributed by atoms with Crippen molar-refractivity contribution in [3.8, 4) is 5.75 Å². The molecule has 0 bridgehead atoms. The summed E-state index contributed by atoms with van der Waals surface area (Å²) in [6.45, 7) is 1.01. The molecule has 1 atom stereocenters. The molecule has 136 valence electrons. The van der Waals surface area contributed by atoms with Gasteiger partial charge in [-0.3, -0.25) is 4.79 Å². The van der Waals surface area contributed by atoms with Gasteiger partial charge in [-0.15, -0.1) is 0 Å². The summed E-state index contributed by atoms with van der Waals surface area (Å²) >= 11 is 0. The van der Waals surface area contributed by atoms with Crippen molar-refractivity contribution in [1.29, 1.82) is 0 Å². The summed E-state index contributed by atoms with van der Waals surface area (Å²) in [5.41, 5.74) is 1.71. The van der Waals surface area contributed by atoms with Crippen molar-refractivity contribution in [3.63, 3.8) is 0 Å². The van der Waals surface area contributed by atoms with E-state index in [1.807, 2.05) is 54.6 Å². The average molecular weight is 353 g/mol. The maximum Gasteiger partial charge on any atom is 0.322 e. The Morgan fingerprint density at radius 2 is 1.85 bits per heavy atom. The molecule has 6 nitrogen and oxygen atoms in total. The van der Waals surface area contributed by atoms with E-state index in [9.17, 15) is 9.59 Å². The Labute approximate surface area is 153 Å². The van der Waals surface area contributed by atoms with E-state index in [1.165, 1.54) is 0 Å². The molecule has 0 aromatic heterocycles. The van der Waals surface area contributed by atoms with E-state index in [1.54, 1.807) is 12.0 Å². The average Bonchev–Trinajstić information content (AvgIpc) is 3.17. The largest absolute Gasteiger partial charge is 0.497 e. The maximum absolute atomic E-state index is 12.6. The quantitative estimate of drug-likeness (QED) is 0.868. The van der Waals surface area contributed by atoms with Gasteiger partial charge in [-0.25, -0.2) is 4.79 Å². The smallest absolute Gasteiger partial charge is 0.322 e.